The van der Waals surface area contributed by atoms with E-state index in [1.54, 1.807) is 24.4 Å². The molecule has 0 radical (unpaired) electrons. The first-order valence-corrected chi connectivity index (χ1v) is 12.0. The minimum Gasteiger partial charge on any atom is -0.422 e. The molecule has 2 aromatic heterocycles. The Kier molecular flexibility index (Phi) is 7.63. The fraction of sp³-hybridized carbons (Fsp3) is 0.308. The van der Waals surface area contributed by atoms with Gasteiger partial charge in [0.15, 0.2) is 5.92 Å². The summed E-state index contributed by atoms with van der Waals surface area (Å²) in [7, 11) is 0. The summed E-state index contributed by atoms with van der Waals surface area (Å²) >= 11 is 0. The highest BCUT2D eigenvalue weighted by Crippen LogP contribution is 2.30. The maximum atomic E-state index is 12.0. The number of carbonyl (C=O) groups excluding carboxylic acids is 2. The number of aromatic nitrogens is 2. The highest BCUT2D eigenvalue weighted by Gasteiger charge is 2.43. The number of ether oxygens (including phenoxy) is 2. The first-order chi connectivity index (χ1) is 18.5. The number of aliphatic hydroxyl groups excluding tert-OH is 1. The first-order valence-electron chi connectivity index (χ1n) is 12.0. The fourth-order valence-corrected chi connectivity index (χ4v) is 4.34. The Balaban J connectivity index is 0.000000193. The molecule has 0 amide bonds. The zero-order valence-electron chi connectivity index (χ0n) is 21.1. The Morgan fingerprint density at radius 2 is 1.36 bits per heavy atom. The Morgan fingerprint density at radius 1 is 0.872 bits per heavy atom. The number of hydrogen-bond acceptors (Lipinski definition) is 9. The Labute approximate surface area is 221 Å². The number of non-ortho nitro benzene ring substituents is 2. The molecule has 0 saturated carbocycles. The summed E-state index contributed by atoms with van der Waals surface area (Å²) < 4.78 is 10.2. The fourth-order valence-electron chi connectivity index (χ4n) is 4.34. The van der Waals surface area contributed by atoms with Gasteiger partial charge in [-0.2, -0.15) is 0 Å². The Hall–Kier alpha value is -4.78. The average molecular weight is 539 g/mol. The number of nitro groups is 2. The van der Waals surface area contributed by atoms with Crippen molar-refractivity contribution in [3.63, 3.8) is 0 Å². The Morgan fingerprint density at radius 3 is 1.85 bits per heavy atom. The average Bonchev–Trinajstić information content (AvgIpc) is 3.47. The highest BCUT2D eigenvalue weighted by molar-refractivity contribution is 5.98. The molecule has 13 heteroatoms. The van der Waals surface area contributed by atoms with E-state index in [9.17, 15) is 29.8 Å². The summed E-state index contributed by atoms with van der Waals surface area (Å²) in [6, 6.07) is 9.12. The molecule has 2 aromatic carbocycles. The standard InChI is InChI=1S/C15H14N2O6.C11H12N2O3/c1-15(2)22-13(18)11(14(19)23-15)5-8-7-16-12-4-3-9(17(20)21)6-10(8)12;14-5-1-2-8-7-12-11-4-3-9(13(15)16)6-10(8)11/h3-4,6-7,11,16H,5H2,1-2H3;3-4,6-7,12,14H,1-2,5H2. The smallest absolute Gasteiger partial charge is 0.323 e. The number of cyclic esters (lactones) is 2. The molecular formula is C26H26N4O9. The number of rotatable bonds is 7. The largest absolute Gasteiger partial charge is 0.422 e. The van der Waals surface area contributed by atoms with Crippen LogP contribution in [0.3, 0.4) is 0 Å². The second-order valence-corrected chi connectivity index (χ2v) is 9.43. The monoisotopic (exact) mass is 538 g/mol. The van der Waals surface area contributed by atoms with E-state index < -0.39 is 33.5 Å². The van der Waals surface area contributed by atoms with Gasteiger partial charge in [0.05, 0.1) is 9.85 Å². The van der Waals surface area contributed by atoms with Gasteiger partial charge in [0.1, 0.15) is 0 Å². The van der Waals surface area contributed by atoms with Crippen molar-refractivity contribution in [3.05, 3.63) is 80.1 Å². The molecule has 3 heterocycles. The van der Waals surface area contributed by atoms with Gasteiger partial charge in [-0.3, -0.25) is 29.8 Å². The quantitative estimate of drug-likeness (QED) is 0.135. The number of benzene rings is 2. The maximum absolute atomic E-state index is 12.0. The maximum Gasteiger partial charge on any atom is 0.323 e. The van der Waals surface area contributed by atoms with E-state index >= 15 is 0 Å². The van der Waals surface area contributed by atoms with Crippen LogP contribution in [0.4, 0.5) is 11.4 Å². The molecule has 0 spiro atoms. The van der Waals surface area contributed by atoms with E-state index in [4.69, 9.17) is 14.6 Å². The van der Waals surface area contributed by atoms with Gasteiger partial charge in [-0.15, -0.1) is 0 Å². The van der Waals surface area contributed by atoms with Crippen LogP contribution in [0.2, 0.25) is 0 Å². The molecule has 1 aliphatic heterocycles. The van der Waals surface area contributed by atoms with E-state index in [-0.39, 0.29) is 24.4 Å². The van der Waals surface area contributed by atoms with Crippen LogP contribution in [0, 0.1) is 26.1 Å². The van der Waals surface area contributed by atoms with Crippen molar-refractivity contribution >= 4 is 45.1 Å². The van der Waals surface area contributed by atoms with E-state index in [0.29, 0.717) is 22.9 Å². The van der Waals surface area contributed by atoms with Crippen molar-refractivity contribution in [1.29, 1.82) is 0 Å². The molecule has 0 atom stereocenters. The van der Waals surface area contributed by atoms with Crippen molar-refractivity contribution in [2.45, 2.75) is 38.9 Å². The molecule has 0 bridgehead atoms. The summed E-state index contributed by atoms with van der Waals surface area (Å²) in [6.07, 6.45) is 4.89. The second-order valence-electron chi connectivity index (χ2n) is 9.43. The van der Waals surface area contributed by atoms with Gasteiger partial charge in [0, 0.05) is 78.9 Å². The minimum absolute atomic E-state index is 0.0505. The van der Waals surface area contributed by atoms with Gasteiger partial charge in [0.2, 0.25) is 0 Å². The molecule has 4 aromatic rings. The number of H-pyrrole nitrogens is 2. The number of carbonyl (C=O) groups is 2. The first kappa shape index (κ1) is 27.3. The van der Waals surface area contributed by atoms with Crippen LogP contribution < -0.4 is 0 Å². The number of nitro benzene ring substituents is 2. The van der Waals surface area contributed by atoms with Gasteiger partial charge >= 0.3 is 11.9 Å². The van der Waals surface area contributed by atoms with Gasteiger partial charge in [-0.1, -0.05) is 0 Å². The molecule has 3 N–H and O–H groups in total. The number of aromatic amines is 2. The number of hydrogen-bond donors (Lipinski definition) is 3. The summed E-state index contributed by atoms with van der Waals surface area (Å²) in [5, 5.41) is 31.8. The lowest BCUT2D eigenvalue weighted by molar-refractivity contribution is -0.384. The SMILES string of the molecule is CC1(C)OC(=O)C(Cc2c[nH]c3ccc([N+](=O)[O-])cc23)C(=O)O1.O=[N+]([O-])c1ccc2[nH]cc(CCCO)c2c1. The van der Waals surface area contributed by atoms with Crippen molar-refractivity contribution in [2.24, 2.45) is 5.92 Å². The van der Waals surface area contributed by atoms with Gasteiger partial charge in [-0.05, 0) is 42.5 Å². The summed E-state index contributed by atoms with van der Waals surface area (Å²) in [5.74, 6) is -3.68. The molecule has 1 fully saturated rings. The molecule has 13 nitrogen and oxygen atoms in total. The van der Waals surface area contributed by atoms with Gasteiger partial charge < -0.3 is 24.5 Å². The Bertz CT molecular complexity index is 1550. The molecule has 39 heavy (non-hydrogen) atoms. The number of aryl methyl sites for hydroxylation is 1. The summed E-state index contributed by atoms with van der Waals surface area (Å²) in [4.78, 5) is 50.7. The highest BCUT2D eigenvalue weighted by atomic mass is 16.7. The molecule has 1 aliphatic rings. The van der Waals surface area contributed by atoms with Crippen LogP contribution in [-0.4, -0.2) is 49.3 Å². The second kappa shape index (κ2) is 10.9. The van der Waals surface area contributed by atoms with Gasteiger partial charge in [0.25, 0.3) is 17.2 Å². The number of esters is 2. The third-order valence-corrected chi connectivity index (χ3v) is 6.21. The topological polar surface area (TPSA) is 191 Å². The lowest BCUT2D eigenvalue weighted by Gasteiger charge is -2.32. The summed E-state index contributed by atoms with van der Waals surface area (Å²) in [6.45, 7) is 3.09. The lowest BCUT2D eigenvalue weighted by Crippen LogP contribution is -2.46. The molecule has 1 saturated heterocycles. The van der Waals surface area contributed by atoms with E-state index in [2.05, 4.69) is 9.97 Å². The van der Waals surface area contributed by atoms with Crippen molar-refractivity contribution < 1.29 is 34.0 Å². The number of fused-ring (bicyclic) bond motifs is 2. The van der Waals surface area contributed by atoms with E-state index in [0.717, 1.165) is 22.9 Å². The van der Waals surface area contributed by atoms with Crippen LogP contribution in [0.1, 0.15) is 31.4 Å². The minimum atomic E-state index is -1.27. The predicted octanol–water partition coefficient (Wildman–Crippen LogP) is 4.07. The van der Waals surface area contributed by atoms with E-state index in [1.165, 1.54) is 32.0 Å². The van der Waals surface area contributed by atoms with Crippen molar-refractivity contribution in [3.8, 4) is 0 Å². The van der Waals surface area contributed by atoms with Crippen LogP contribution in [0.15, 0.2) is 48.8 Å². The summed E-state index contributed by atoms with van der Waals surface area (Å²) in [5.41, 5.74) is 3.22. The van der Waals surface area contributed by atoms with Crippen molar-refractivity contribution in [1.82, 2.24) is 9.97 Å². The third kappa shape index (κ3) is 6.04. The predicted molar refractivity (Wildman–Crippen MR) is 139 cm³/mol. The van der Waals surface area contributed by atoms with Crippen LogP contribution >= 0.6 is 0 Å². The number of aliphatic hydroxyl groups is 1. The molecule has 0 unspecified atom stereocenters. The molecular weight excluding hydrogens is 512 g/mol. The zero-order valence-corrected chi connectivity index (χ0v) is 21.1. The van der Waals surface area contributed by atoms with Crippen LogP contribution in [0.5, 0.6) is 0 Å². The zero-order chi connectivity index (χ0) is 28.3. The normalized spacial score (nSPS) is 14.9. The lowest BCUT2D eigenvalue weighted by atomic mass is 9.98. The third-order valence-electron chi connectivity index (χ3n) is 6.21. The number of nitrogens with zero attached hydrogens (tertiary/aromatic N) is 2. The van der Waals surface area contributed by atoms with Crippen molar-refractivity contribution in [2.75, 3.05) is 6.61 Å². The number of nitrogens with one attached hydrogen (secondary N) is 2. The van der Waals surface area contributed by atoms with Crippen LogP contribution in [0.25, 0.3) is 21.8 Å². The molecule has 204 valence electrons. The van der Waals surface area contributed by atoms with Crippen LogP contribution in [-0.2, 0) is 31.9 Å². The molecule has 0 aliphatic carbocycles. The van der Waals surface area contributed by atoms with E-state index in [1.807, 2.05) is 6.20 Å². The van der Waals surface area contributed by atoms with Gasteiger partial charge in [-0.25, -0.2) is 0 Å². The molecule has 5 rings (SSSR count).